The second-order valence-electron chi connectivity index (χ2n) is 5.46. The molecule has 1 saturated heterocycles. The molecule has 1 aliphatic rings. The maximum atomic E-state index is 5.78. The van der Waals surface area contributed by atoms with Gasteiger partial charge >= 0.3 is 0 Å². The van der Waals surface area contributed by atoms with Gasteiger partial charge in [-0.1, -0.05) is 17.8 Å². The van der Waals surface area contributed by atoms with Crippen molar-refractivity contribution in [3.05, 3.63) is 23.4 Å². The average Bonchev–Trinajstić information content (AvgIpc) is 3.37. The molecule has 0 spiro atoms. The monoisotopic (exact) mass is 364 g/mol. The third-order valence-electron chi connectivity index (χ3n) is 3.70. The molecule has 3 aromatic rings. The number of rotatable bonds is 6. The van der Waals surface area contributed by atoms with Crippen LogP contribution in [0.5, 0.6) is 0 Å². The van der Waals surface area contributed by atoms with Crippen LogP contribution in [0.25, 0.3) is 10.8 Å². The van der Waals surface area contributed by atoms with Gasteiger partial charge in [0.15, 0.2) is 0 Å². The van der Waals surface area contributed by atoms with Gasteiger partial charge < -0.3 is 9.15 Å². The first kappa shape index (κ1) is 15.7. The number of thioether (sulfide) groups is 1. The van der Waals surface area contributed by atoms with Crippen molar-refractivity contribution in [1.82, 2.24) is 30.4 Å². The highest BCUT2D eigenvalue weighted by Gasteiger charge is 2.22. The van der Waals surface area contributed by atoms with Gasteiger partial charge in [-0.15, -0.1) is 26.6 Å². The molecular weight excluding hydrogens is 348 g/mol. The van der Waals surface area contributed by atoms with Crippen molar-refractivity contribution >= 4 is 23.1 Å². The van der Waals surface area contributed by atoms with Gasteiger partial charge in [0.05, 0.1) is 22.8 Å². The van der Waals surface area contributed by atoms with Crippen molar-refractivity contribution in [2.24, 2.45) is 0 Å². The molecule has 0 bridgehead atoms. The van der Waals surface area contributed by atoms with Gasteiger partial charge in [-0.3, -0.25) is 0 Å². The standard InChI is InChI=1S/C14H16N6O2S2/c1-9(12-15-16-13(22-12)11-5-3-7-23-11)24-14-17-18-19-20(14)8-10-4-2-6-21-10/h3,5,7,9-10H,2,4,6,8H2,1H3/t9-,10+/m0/s1. The molecule has 2 atom stereocenters. The number of hydrogen-bond acceptors (Lipinski definition) is 9. The van der Waals surface area contributed by atoms with E-state index in [0.29, 0.717) is 18.3 Å². The molecule has 0 unspecified atom stereocenters. The highest BCUT2D eigenvalue weighted by atomic mass is 32.2. The van der Waals surface area contributed by atoms with Crippen molar-refractivity contribution < 1.29 is 9.15 Å². The molecule has 0 saturated carbocycles. The summed E-state index contributed by atoms with van der Waals surface area (Å²) >= 11 is 3.08. The lowest BCUT2D eigenvalue weighted by atomic mass is 10.2. The van der Waals surface area contributed by atoms with E-state index in [2.05, 4.69) is 25.7 Å². The Hall–Kier alpha value is -1.78. The van der Waals surface area contributed by atoms with Crippen LogP contribution in [0.15, 0.2) is 27.1 Å². The zero-order chi connectivity index (χ0) is 16.4. The predicted molar refractivity (Wildman–Crippen MR) is 88.7 cm³/mol. The minimum atomic E-state index is -0.0412. The van der Waals surface area contributed by atoms with E-state index in [4.69, 9.17) is 9.15 Å². The van der Waals surface area contributed by atoms with Crippen LogP contribution in [0.4, 0.5) is 0 Å². The Bertz CT molecular complexity index is 781. The summed E-state index contributed by atoms with van der Waals surface area (Å²) in [6, 6.07) is 3.92. The van der Waals surface area contributed by atoms with Crippen LogP contribution in [-0.4, -0.2) is 43.1 Å². The zero-order valence-electron chi connectivity index (χ0n) is 13.0. The van der Waals surface area contributed by atoms with Gasteiger partial charge in [0.1, 0.15) is 0 Å². The molecular formula is C14H16N6O2S2. The van der Waals surface area contributed by atoms with E-state index >= 15 is 0 Å². The average molecular weight is 364 g/mol. The fourth-order valence-electron chi connectivity index (χ4n) is 2.48. The number of aromatic nitrogens is 6. The van der Waals surface area contributed by atoms with Gasteiger partial charge in [-0.2, -0.15) is 0 Å². The minimum Gasteiger partial charge on any atom is -0.419 e. The number of ether oxygens (including phenoxy) is 1. The fraction of sp³-hybridized carbons (Fsp3) is 0.500. The van der Waals surface area contributed by atoms with Gasteiger partial charge in [0, 0.05) is 6.61 Å². The second-order valence-corrected chi connectivity index (χ2v) is 7.72. The molecule has 10 heteroatoms. The van der Waals surface area contributed by atoms with Crippen LogP contribution in [0.1, 0.15) is 30.9 Å². The molecule has 1 fully saturated rings. The molecule has 0 radical (unpaired) electrons. The van der Waals surface area contributed by atoms with Crippen LogP contribution in [0.3, 0.4) is 0 Å². The topological polar surface area (TPSA) is 91.8 Å². The molecule has 0 N–H and O–H groups in total. The smallest absolute Gasteiger partial charge is 0.257 e. The van der Waals surface area contributed by atoms with E-state index in [9.17, 15) is 0 Å². The molecule has 1 aliphatic heterocycles. The maximum Gasteiger partial charge on any atom is 0.257 e. The van der Waals surface area contributed by atoms with Crippen molar-refractivity contribution in [3.8, 4) is 10.8 Å². The largest absolute Gasteiger partial charge is 0.419 e. The molecule has 4 heterocycles. The van der Waals surface area contributed by atoms with E-state index in [-0.39, 0.29) is 11.4 Å². The number of thiophene rings is 1. The lowest BCUT2D eigenvalue weighted by Gasteiger charge is -2.11. The Morgan fingerprint density at radius 2 is 2.38 bits per heavy atom. The van der Waals surface area contributed by atoms with Crippen molar-refractivity contribution in [3.63, 3.8) is 0 Å². The number of nitrogens with zero attached hydrogens (tertiary/aromatic N) is 6. The summed E-state index contributed by atoms with van der Waals surface area (Å²) in [7, 11) is 0. The Morgan fingerprint density at radius 3 is 3.17 bits per heavy atom. The van der Waals surface area contributed by atoms with E-state index in [1.807, 2.05) is 24.4 Å². The molecule has 0 aromatic carbocycles. The van der Waals surface area contributed by atoms with E-state index in [1.165, 1.54) is 11.8 Å². The normalized spacial score (nSPS) is 19.0. The minimum absolute atomic E-state index is 0.0412. The summed E-state index contributed by atoms with van der Waals surface area (Å²) in [5.41, 5.74) is 0. The Balaban J connectivity index is 1.44. The van der Waals surface area contributed by atoms with E-state index in [0.717, 1.165) is 29.5 Å². The van der Waals surface area contributed by atoms with Crippen molar-refractivity contribution in [1.29, 1.82) is 0 Å². The summed E-state index contributed by atoms with van der Waals surface area (Å²) in [6.45, 7) is 3.49. The maximum absolute atomic E-state index is 5.78. The van der Waals surface area contributed by atoms with Crippen LogP contribution in [0, 0.1) is 0 Å². The Kier molecular flexibility index (Phi) is 4.58. The lowest BCUT2D eigenvalue weighted by Crippen LogP contribution is -2.17. The van der Waals surface area contributed by atoms with Crippen LogP contribution >= 0.6 is 23.1 Å². The Morgan fingerprint density at radius 1 is 1.42 bits per heavy atom. The summed E-state index contributed by atoms with van der Waals surface area (Å²) in [4.78, 5) is 0.967. The molecule has 3 aromatic heterocycles. The molecule has 0 amide bonds. The van der Waals surface area contributed by atoms with Gasteiger partial charge in [0.25, 0.3) is 5.89 Å². The predicted octanol–water partition coefficient (Wildman–Crippen LogP) is 2.82. The van der Waals surface area contributed by atoms with Gasteiger partial charge in [-0.05, 0) is 41.6 Å². The molecule has 4 rings (SSSR count). The van der Waals surface area contributed by atoms with E-state index in [1.54, 1.807) is 16.0 Å². The quantitative estimate of drug-likeness (QED) is 0.617. The highest BCUT2D eigenvalue weighted by molar-refractivity contribution is 7.99. The molecule has 126 valence electrons. The number of hydrogen-bond donors (Lipinski definition) is 0. The summed E-state index contributed by atoms with van der Waals surface area (Å²) in [5.74, 6) is 1.11. The summed E-state index contributed by atoms with van der Waals surface area (Å²) < 4.78 is 13.2. The van der Waals surface area contributed by atoms with Crippen LogP contribution < -0.4 is 0 Å². The molecule has 24 heavy (non-hydrogen) atoms. The summed E-state index contributed by atoms with van der Waals surface area (Å²) in [6.07, 6.45) is 2.34. The SMILES string of the molecule is C[C@H](Sc1nnnn1C[C@H]1CCCO1)c1nnc(-c2cccs2)o1. The van der Waals surface area contributed by atoms with Crippen molar-refractivity contribution in [2.45, 2.75) is 42.8 Å². The van der Waals surface area contributed by atoms with Crippen LogP contribution in [-0.2, 0) is 11.3 Å². The van der Waals surface area contributed by atoms with Crippen molar-refractivity contribution in [2.75, 3.05) is 6.61 Å². The Labute approximate surface area is 146 Å². The van der Waals surface area contributed by atoms with Gasteiger partial charge in [-0.25, -0.2) is 4.68 Å². The van der Waals surface area contributed by atoms with Gasteiger partial charge in [0.2, 0.25) is 11.0 Å². The summed E-state index contributed by atoms with van der Waals surface area (Å²) in [5, 5.41) is 22.9. The highest BCUT2D eigenvalue weighted by Crippen LogP contribution is 2.34. The van der Waals surface area contributed by atoms with Crippen LogP contribution in [0.2, 0.25) is 0 Å². The zero-order valence-corrected chi connectivity index (χ0v) is 14.7. The fourth-order valence-corrected chi connectivity index (χ4v) is 3.96. The lowest BCUT2D eigenvalue weighted by molar-refractivity contribution is 0.0911. The first-order chi connectivity index (χ1) is 11.8. The first-order valence-electron chi connectivity index (χ1n) is 7.71. The second kappa shape index (κ2) is 6.99. The van der Waals surface area contributed by atoms with E-state index < -0.39 is 0 Å². The molecule has 8 nitrogen and oxygen atoms in total. The third-order valence-corrected chi connectivity index (χ3v) is 5.62. The first-order valence-corrected chi connectivity index (χ1v) is 9.47. The number of tetrazole rings is 1. The third kappa shape index (κ3) is 3.35. The molecule has 0 aliphatic carbocycles.